The van der Waals surface area contributed by atoms with Crippen LogP contribution in [0.3, 0.4) is 0 Å². The van der Waals surface area contributed by atoms with Crippen LogP contribution in [0.5, 0.6) is 0 Å². The van der Waals surface area contributed by atoms with Gasteiger partial charge in [-0.1, -0.05) is 18.1 Å². The molecule has 1 aromatic carbocycles. The molecule has 1 atom stereocenters. The number of carbonyl (C=O) groups is 1. The van der Waals surface area contributed by atoms with Gasteiger partial charge in [-0.3, -0.25) is 14.3 Å². The summed E-state index contributed by atoms with van der Waals surface area (Å²) in [5, 5.41) is 55.6. The Morgan fingerprint density at radius 3 is 2.69 bits per heavy atom. The number of amides is 1. The van der Waals surface area contributed by atoms with Crippen LogP contribution in [0, 0.1) is 24.2 Å². The molecular formula is C31H28N8O6. The maximum atomic E-state index is 14.1. The molecule has 1 unspecified atom stereocenters. The van der Waals surface area contributed by atoms with E-state index in [0.29, 0.717) is 29.0 Å². The number of nitrogens with zero attached hydrogens (tertiary/aromatic N) is 5. The van der Waals surface area contributed by atoms with Crippen molar-refractivity contribution < 1.29 is 25.2 Å². The number of anilines is 2. The summed E-state index contributed by atoms with van der Waals surface area (Å²) in [6.07, 6.45) is 10.1. The van der Waals surface area contributed by atoms with Crippen molar-refractivity contribution in [3.63, 3.8) is 0 Å². The van der Waals surface area contributed by atoms with Crippen LogP contribution in [-0.2, 0) is 13.6 Å². The lowest BCUT2D eigenvalue weighted by Crippen LogP contribution is -2.34. The summed E-state index contributed by atoms with van der Waals surface area (Å²) >= 11 is 0. The van der Waals surface area contributed by atoms with Gasteiger partial charge in [-0.15, -0.1) is 11.5 Å². The number of aromatic nitrogens is 5. The number of aliphatic hydroxyl groups is 4. The average Bonchev–Trinajstić information content (AvgIpc) is 3.60. The van der Waals surface area contributed by atoms with Crippen LogP contribution in [-0.4, -0.2) is 57.0 Å². The summed E-state index contributed by atoms with van der Waals surface area (Å²) in [5.41, 5.74) is 6.72. The molecule has 0 aliphatic carbocycles. The normalized spacial score (nSPS) is 13.8. The van der Waals surface area contributed by atoms with E-state index in [-0.39, 0.29) is 22.5 Å². The van der Waals surface area contributed by atoms with Crippen molar-refractivity contribution >= 4 is 34.5 Å². The van der Waals surface area contributed by atoms with Crippen LogP contribution in [0.2, 0.25) is 0 Å². The Hall–Kier alpha value is -6.54. The predicted molar refractivity (Wildman–Crippen MR) is 167 cm³/mol. The summed E-state index contributed by atoms with van der Waals surface area (Å²) in [7, 11) is 1.73. The van der Waals surface area contributed by atoms with Gasteiger partial charge in [0, 0.05) is 31.0 Å². The van der Waals surface area contributed by atoms with Crippen molar-refractivity contribution in [2.75, 3.05) is 17.6 Å². The summed E-state index contributed by atoms with van der Waals surface area (Å²) in [5.74, 6) is 3.32. The number of aryl methyl sites for hydroxylation is 1. The zero-order chi connectivity index (χ0) is 32.4. The van der Waals surface area contributed by atoms with E-state index >= 15 is 0 Å². The zero-order valence-corrected chi connectivity index (χ0v) is 24.1. The van der Waals surface area contributed by atoms with Crippen LogP contribution in [0.25, 0.3) is 17.0 Å². The number of aliphatic hydroxyl groups excluding tert-OH is 4. The Labute approximate surface area is 256 Å². The van der Waals surface area contributed by atoms with Gasteiger partial charge in [-0.2, -0.15) is 5.10 Å². The van der Waals surface area contributed by atoms with Crippen LogP contribution >= 0.6 is 0 Å². The maximum absolute atomic E-state index is 14.1. The Balaban J connectivity index is 1.64. The molecular weight excluding hydrogens is 580 g/mol. The number of pyridine rings is 1. The number of fused-ring (bicyclic) bond motifs is 2. The first kappa shape index (κ1) is 29.9. The van der Waals surface area contributed by atoms with Crippen LogP contribution < -0.4 is 21.9 Å². The molecule has 1 aliphatic rings. The minimum absolute atomic E-state index is 0.0117. The lowest BCUT2D eigenvalue weighted by atomic mass is 10.0. The van der Waals surface area contributed by atoms with E-state index in [0.717, 1.165) is 4.57 Å². The van der Waals surface area contributed by atoms with Crippen LogP contribution in [0.4, 0.5) is 11.6 Å². The molecule has 4 heterocycles. The smallest absolute Gasteiger partial charge is 0.260 e. The second kappa shape index (κ2) is 12.0. The molecule has 8 N–H and O–H groups in total. The molecule has 0 saturated carbocycles. The fourth-order valence-electron chi connectivity index (χ4n) is 4.82. The highest BCUT2D eigenvalue weighted by Crippen LogP contribution is 2.27. The van der Waals surface area contributed by atoms with Crippen molar-refractivity contribution in [1.29, 1.82) is 0 Å². The van der Waals surface area contributed by atoms with Crippen molar-refractivity contribution in [1.82, 2.24) is 29.4 Å². The molecule has 0 fully saturated rings. The highest BCUT2D eigenvalue weighted by Gasteiger charge is 2.26. The van der Waals surface area contributed by atoms with Gasteiger partial charge in [0.1, 0.15) is 17.1 Å². The van der Waals surface area contributed by atoms with Gasteiger partial charge in [0.25, 0.3) is 11.5 Å². The molecule has 14 heteroatoms. The molecule has 1 aliphatic heterocycles. The van der Waals surface area contributed by atoms with E-state index in [4.69, 9.17) is 12.2 Å². The molecule has 228 valence electrons. The molecule has 4 aromatic rings. The Kier molecular flexibility index (Phi) is 7.97. The number of hydrogen-bond acceptors (Lipinski definition) is 10. The Bertz CT molecular complexity index is 2110. The zero-order valence-electron chi connectivity index (χ0n) is 24.1. The third-order valence-electron chi connectivity index (χ3n) is 7.07. The molecule has 1 amide bonds. The van der Waals surface area contributed by atoms with Gasteiger partial charge < -0.3 is 41.4 Å². The van der Waals surface area contributed by atoms with Crippen LogP contribution in [0.15, 0.2) is 70.4 Å². The second-order valence-corrected chi connectivity index (χ2v) is 9.97. The number of terminal acetylenes is 1. The largest absolute Gasteiger partial charge is 0.507 e. The summed E-state index contributed by atoms with van der Waals surface area (Å²) in [6, 6.07) is 7.55. The van der Waals surface area contributed by atoms with Crippen molar-refractivity contribution in [3.8, 4) is 24.2 Å². The lowest BCUT2D eigenvalue weighted by Gasteiger charge is -2.21. The van der Waals surface area contributed by atoms with Crippen molar-refractivity contribution in [3.05, 3.63) is 98.5 Å². The van der Waals surface area contributed by atoms with Crippen LogP contribution in [0.1, 0.15) is 40.3 Å². The molecule has 0 bridgehead atoms. The topological polar surface area (TPSA) is 206 Å². The van der Waals surface area contributed by atoms with E-state index in [1.54, 1.807) is 73.4 Å². The first-order valence-corrected chi connectivity index (χ1v) is 13.5. The van der Waals surface area contributed by atoms with Crippen molar-refractivity contribution in [2.24, 2.45) is 7.05 Å². The third-order valence-corrected chi connectivity index (χ3v) is 7.07. The van der Waals surface area contributed by atoms with E-state index in [9.17, 15) is 30.0 Å². The molecule has 0 spiro atoms. The highest BCUT2D eigenvalue weighted by molar-refractivity contribution is 6.04. The minimum atomic E-state index is -1.16. The number of carbonyl (C=O) groups excluding carboxylic acids is 1. The van der Waals surface area contributed by atoms with E-state index < -0.39 is 47.1 Å². The summed E-state index contributed by atoms with van der Waals surface area (Å²) < 4.78 is 4.12. The molecule has 14 nitrogen and oxygen atoms in total. The minimum Gasteiger partial charge on any atom is -0.507 e. The van der Waals surface area contributed by atoms with E-state index in [1.807, 2.05) is 0 Å². The number of nitrogens with one attached hydrogen (secondary N) is 2. The molecule has 45 heavy (non-hydrogen) atoms. The number of hydrogen-bond donors (Lipinski definition) is 7. The highest BCUT2D eigenvalue weighted by atomic mass is 16.3. The molecule has 5 rings (SSSR count). The lowest BCUT2D eigenvalue weighted by molar-refractivity contribution is 0.0940. The van der Waals surface area contributed by atoms with Gasteiger partial charge in [0.2, 0.25) is 17.3 Å². The van der Waals surface area contributed by atoms with Gasteiger partial charge in [-0.25, -0.2) is 4.68 Å². The quantitative estimate of drug-likeness (QED) is 0.0968. The van der Waals surface area contributed by atoms with E-state index in [2.05, 4.69) is 32.7 Å². The maximum Gasteiger partial charge on any atom is 0.260 e. The SMILES string of the molecule is C#C/C(O)=C(O)\C(O)=C(\O)Cn1c(C(C)NC(=O)c2c(N)nn3c2NCC=C3)cc2cccc(C#Cc3ccnn3C)c2c1=O. The van der Waals surface area contributed by atoms with Gasteiger partial charge >= 0.3 is 0 Å². The predicted octanol–water partition coefficient (Wildman–Crippen LogP) is 2.59. The number of allylic oxidation sites excluding steroid dienone is 2. The van der Waals surface area contributed by atoms with Gasteiger partial charge in [0.15, 0.2) is 11.6 Å². The fourth-order valence-corrected chi connectivity index (χ4v) is 4.82. The number of nitrogen functional groups attached to an aromatic ring is 1. The summed E-state index contributed by atoms with van der Waals surface area (Å²) in [4.78, 5) is 27.6. The number of nitrogens with two attached hydrogens (primary N) is 1. The van der Waals surface area contributed by atoms with Gasteiger partial charge in [-0.05, 0) is 48.4 Å². The first-order valence-electron chi connectivity index (χ1n) is 13.5. The molecule has 3 aromatic heterocycles. The average molecular weight is 609 g/mol. The van der Waals surface area contributed by atoms with Crippen molar-refractivity contribution in [2.45, 2.75) is 19.5 Å². The standard InChI is InChI=1S/C31H28N8O6/c1-4-22(40)26(42)27(43)23(41)16-38-21(17(2)35-30(44)25-28(32)36-39-14-6-12-33-29(25)39)15-19-8-5-7-18(24(19)31(38)45)9-10-20-11-13-34-37(20)3/h1,5-8,11,13-15,17,33,40-43H,12,16H2,2-3H3,(H2,32,36)(H,35,44)/b26-22-,27-23-. The van der Waals surface area contributed by atoms with E-state index in [1.165, 1.54) is 4.68 Å². The number of rotatable bonds is 6. The molecule has 0 saturated heterocycles. The molecule has 0 radical (unpaired) electrons. The monoisotopic (exact) mass is 608 g/mol. The Morgan fingerprint density at radius 2 is 1.98 bits per heavy atom. The Morgan fingerprint density at radius 1 is 1.20 bits per heavy atom. The third kappa shape index (κ3) is 5.63. The van der Waals surface area contributed by atoms with Gasteiger partial charge in [0.05, 0.1) is 24.2 Å². The summed E-state index contributed by atoms with van der Waals surface area (Å²) in [6.45, 7) is 1.39. The fraction of sp³-hybridized carbons (Fsp3) is 0.161. The first-order chi connectivity index (χ1) is 21.5. The second-order valence-electron chi connectivity index (χ2n) is 9.97. The number of benzene rings is 1.